The van der Waals surface area contributed by atoms with Crippen molar-refractivity contribution in [2.24, 2.45) is 18.7 Å². The lowest BCUT2D eigenvalue weighted by molar-refractivity contribution is -0.140. The summed E-state index contributed by atoms with van der Waals surface area (Å²) in [5.74, 6) is 0.654. The van der Waals surface area contributed by atoms with Crippen molar-refractivity contribution in [2.45, 2.75) is 25.3 Å². The van der Waals surface area contributed by atoms with Crippen molar-refractivity contribution in [2.75, 3.05) is 26.2 Å². The molecular weight excluding hydrogens is 364 g/mol. The maximum atomic E-state index is 13.1. The first kappa shape index (κ1) is 19.7. The summed E-state index contributed by atoms with van der Waals surface area (Å²) in [5.41, 5.74) is 7.49. The van der Waals surface area contributed by atoms with E-state index in [4.69, 9.17) is 5.73 Å². The lowest BCUT2D eigenvalue weighted by atomic mass is 9.83. The molecule has 6 nitrogen and oxygen atoms in total. The van der Waals surface area contributed by atoms with Crippen LogP contribution in [0.15, 0.2) is 30.3 Å². The number of fused-ring (bicyclic) bond motifs is 2. The number of carbonyl (C=O) groups is 2. The number of aromatic nitrogens is 1. The highest BCUT2D eigenvalue weighted by molar-refractivity contribution is 5.98. The van der Waals surface area contributed by atoms with Crippen molar-refractivity contribution in [3.05, 3.63) is 36.0 Å². The highest BCUT2D eigenvalue weighted by Gasteiger charge is 2.40. The van der Waals surface area contributed by atoms with Crippen molar-refractivity contribution in [3.63, 3.8) is 0 Å². The van der Waals surface area contributed by atoms with Crippen molar-refractivity contribution in [1.82, 2.24) is 14.4 Å². The SMILES string of the molecule is Cl.Cn1c(C(=O)N2CC[C@@H]3[C@@H](CCC(=O)N3CCN)C2)cc2ccccc21. The van der Waals surface area contributed by atoms with Crippen LogP contribution in [0.25, 0.3) is 10.9 Å². The van der Waals surface area contributed by atoms with Gasteiger partial charge in [-0.2, -0.15) is 0 Å². The molecule has 1 aromatic heterocycles. The van der Waals surface area contributed by atoms with Gasteiger partial charge in [0.25, 0.3) is 5.91 Å². The number of rotatable bonds is 3. The number of piperidine rings is 2. The number of carbonyl (C=O) groups excluding carboxylic acids is 2. The number of benzene rings is 1. The van der Waals surface area contributed by atoms with Crippen LogP contribution in [-0.2, 0) is 11.8 Å². The largest absolute Gasteiger partial charge is 0.340 e. The molecule has 2 atom stereocenters. The highest BCUT2D eigenvalue weighted by atomic mass is 35.5. The number of likely N-dealkylation sites (tertiary alicyclic amines) is 2. The molecule has 0 saturated carbocycles. The van der Waals surface area contributed by atoms with Crippen molar-refractivity contribution < 1.29 is 9.59 Å². The van der Waals surface area contributed by atoms with Gasteiger partial charge in [-0.1, -0.05) is 18.2 Å². The van der Waals surface area contributed by atoms with E-state index < -0.39 is 0 Å². The molecule has 2 aromatic rings. The Hall–Kier alpha value is -2.05. The Kier molecular flexibility index (Phi) is 5.77. The topological polar surface area (TPSA) is 71.6 Å². The molecule has 2 amide bonds. The van der Waals surface area contributed by atoms with Gasteiger partial charge in [-0.05, 0) is 30.9 Å². The van der Waals surface area contributed by atoms with Crippen LogP contribution in [-0.4, -0.2) is 58.4 Å². The van der Waals surface area contributed by atoms with E-state index in [1.165, 1.54) is 0 Å². The molecule has 2 aliphatic heterocycles. The van der Waals surface area contributed by atoms with Gasteiger partial charge in [-0.3, -0.25) is 9.59 Å². The van der Waals surface area contributed by atoms with Crippen LogP contribution in [0.2, 0.25) is 0 Å². The second kappa shape index (κ2) is 7.90. The number of hydrogen-bond acceptors (Lipinski definition) is 3. The number of amides is 2. The molecular formula is C20H27ClN4O2. The summed E-state index contributed by atoms with van der Waals surface area (Å²) in [7, 11) is 1.95. The predicted octanol–water partition coefficient (Wildman–Crippen LogP) is 2.01. The highest BCUT2D eigenvalue weighted by Crippen LogP contribution is 2.32. The summed E-state index contributed by atoms with van der Waals surface area (Å²) in [6.45, 7) is 2.53. The zero-order chi connectivity index (χ0) is 18.3. The molecule has 2 aliphatic rings. The van der Waals surface area contributed by atoms with Crippen LogP contribution >= 0.6 is 12.4 Å². The molecule has 2 fully saturated rings. The number of halogens is 1. The fourth-order valence-electron chi connectivity index (χ4n) is 4.62. The molecule has 146 valence electrons. The zero-order valence-electron chi connectivity index (χ0n) is 15.6. The molecule has 0 unspecified atom stereocenters. The van der Waals surface area contributed by atoms with Crippen LogP contribution in [0, 0.1) is 5.92 Å². The number of para-hydroxylation sites is 1. The summed E-state index contributed by atoms with van der Waals surface area (Å²) < 4.78 is 1.98. The molecule has 4 rings (SSSR count). The van der Waals surface area contributed by atoms with Gasteiger partial charge in [0.1, 0.15) is 5.69 Å². The molecule has 27 heavy (non-hydrogen) atoms. The quantitative estimate of drug-likeness (QED) is 0.871. The summed E-state index contributed by atoms with van der Waals surface area (Å²) in [6, 6.07) is 10.3. The second-order valence-electron chi connectivity index (χ2n) is 7.43. The van der Waals surface area contributed by atoms with Gasteiger partial charge >= 0.3 is 0 Å². The van der Waals surface area contributed by atoms with Crippen molar-refractivity contribution in [3.8, 4) is 0 Å². The van der Waals surface area contributed by atoms with Gasteiger partial charge in [0.2, 0.25) is 5.91 Å². The summed E-state index contributed by atoms with van der Waals surface area (Å²) in [6.07, 6.45) is 2.27. The normalized spacial score (nSPS) is 22.5. The van der Waals surface area contributed by atoms with Gasteiger partial charge in [0.05, 0.1) is 0 Å². The van der Waals surface area contributed by atoms with E-state index in [-0.39, 0.29) is 30.3 Å². The van der Waals surface area contributed by atoms with Crippen LogP contribution < -0.4 is 5.73 Å². The number of hydrogen-bond donors (Lipinski definition) is 1. The lowest BCUT2D eigenvalue weighted by Gasteiger charge is -2.47. The first-order valence-electron chi connectivity index (χ1n) is 9.43. The molecule has 7 heteroatoms. The molecule has 3 heterocycles. The summed E-state index contributed by atoms with van der Waals surface area (Å²) >= 11 is 0. The smallest absolute Gasteiger partial charge is 0.270 e. The van der Waals surface area contributed by atoms with Gasteiger partial charge in [0, 0.05) is 56.6 Å². The van der Waals surface area contributed by atoms with Gasteiger partial charge in [-0.25, -0.2) is 0 Å². The first-order valence-corrected chi connectivity index (χ1v) is 9.43. The molecule has 2 saturated heterocycles. The van der Waals surface area contributed by atoms with Gasteiger partial charge < -0.3 is 20.1 Å². The van der Waals surface area contributed by atoms with E-state index in [0.717, 1.165) is 36.0 Å². The second-order valence-corrected chi connectivity index (χ2v) is 7.43. The number of aryl methyl sites for hydroxylation is 1. The molecule has 0 aliphatic carbocycles. The molecule has 0 radical (unpaired) electrons. The van der Waals surface area contributed by atoms with Crippen molar-refractivity contribution in [1.29, 1.82) is 0 Å². The molecule has 0 bridgehead atoms. The Morgan fingerprint density at radius 1 is 1.26 bits per heavy atom. The van der Waals surface area contributed by atoms with E-state index in [0.29, 0.717) is 32.0 Å². The predicted molar refractivity (Wildman–Crippen MR) is 108 cm³/mol. The van der Waals surface area contributed by atoms with Crippen LogP contribution in [0.4, 0.5) is 0 Å². The third-order valence-corrected chi connectivity index (χ3v) is 5.97. The Bertz CT molecular complexity index is 850. The van der Waals surface area contributed by atoms with E-state index in [2.05, 4.69) is 0 Å². The Morgan fingerprint density at radius 3 is 2.78 bits per heavy atom. The minimum atomic E-state index is 0. The van der Waals surface area contributed by atoms with Crippen molar-refractivity contribution >= 4 is 35.1 Å². The minimum Gasteiger partial charge on any atom is -0.340 e. The minimum absolute atomic E-state index is 0. The Labute approximate surface area is 165 Å². The zero-order valence-corrected chi connectivity index (χ0v) is 16.5. The maximum absolute atomic E-state index is 13.1. The lowest BCUT2D eigenvalue weighted by Crippen LogP contribution is -2.57. The van der Waals surface area contributed by atoms with E-state index in [1.54, 1.807) is 0 Å². The summed E-state index contributed by atoms with van der Waals surface area (Å²) in [4.78, 5) is 29.3. The van der Waals surface area contributed by atoms with E-state index in [9.17, 15) is 9.59 Å². The van der Waals surface area contributed by atoms with E-state index >= 15 is 0 Å². The Morgan fingerprint density at radius 2 is 2.04 bits per heavy atom. The van der Waals surface area contributed by atoms with Gasteiger partial charge in [0.15, 0.2) is 0 Å². The third kappa shape index (κ3) is 3.44. The fraction of sp³-hybridized carbons (Fsp3) is 0.500. The van der Waals surface area contributed by atoms with Crippen LogP contribution in [0.3, 0.4) is 0 Å². The fourth-order valence-corrected chi connectivity index (χ4v) is 4.62. The maximum Gasteiger partial charge on any atom is 0.270 e. The average molecular weight is 391 g/mol. The van der Waals surface area contributed by atoms with Gasteiger partial charge in [-0.15, -0.1) is 12.4 Å². The molecule has 1 aromatic carbocycles. The van der Waals surface area contributed by atoms with E-state index in [1.807, 2.05) is 51.7 Å². The third-order valence-electron chi connectivity index (χ3n) is 5.97. The standard InChI is InChI=1S/C20H26N4O2.ClH/c1-22-16-5-3-2-4-14(16)12-18(22)20(26)23-10-8-17-15(13-23)6-7-19(25)24(17)11-9-21;/h2-5,12,15,17H,6-11,13,21H2,1H3;1H/t15-,17+;/m0./s1. The first-order chi connectivity index (χ1) is 12.6. The number of nitrogens with zero attached hydrogens (tertiary/aromatic N) is 3. The molecule has 2 N–H and O–H groups in total. The monoisotopic (exact) mass is 390 g/mol. The van der Waals surface area contributed by atoms with Crippen LogP contribution in [0.1, 0.15) is 29.8 Å². The van der Waals surface area contributed by atoms with Crippen LogP contribution in [0.5, 0.6) is 0 Å². The Balaban J connectivity index is 0.00000210. The summed E-state index contributed by atoms with van der Waals surface area (Å²) in [5, 5.41) is 1.09. The number of nitrogens with two attached hydrogens (primary N) is 1. The molecule has 0 spiro atoms. The average Bonchev–Trinajstić information content (AvgIpc) is 3.00.